The summed E-state index contributed by atoms with van der Waals surface area (Å²) in [5, 5.41) is 8.25. The number of hydrogen-bond acceptors (Lipinski definition) is 3. The van der Waals surface area contributed by atoms with Crippen molar-refractivity contribution in [1.29, 1.82) is 0 Å². The first kappa shape index (κ1) is 10.8. The SMILES string of the molecule is Cc1ccc(C(N)c2cnn(C)n2)cc1C. The van der Waals surface area contributed by atoms with Gasteiger partial charge < -0.3 is 5.73 Å². The smallest absolute Gasteiger partial charge is 0.104 e. The lowest BCUT2D eigenvalue weighted by Gasteiger charge is -2.10. The van der Waals surface area contributed by atoms with Gasteiger partial charge in [-0.15, -0.1) is 0 Å². The van der Waals surface area contributed by atoms with Gasteiger partial charge in [-0.3, -0.25) is 0 Å². The molecular weight excluding hydrogens is 200 g/mol. The first-order valence-corrected chi connectivity index (χ1v) is 5.27. The normalized spacial score (nSPS) is 12.8. The van der Waals surface area contributed by atoms with Crippen LogP contribution in [0.1, 0.15) is 28.4 Å². The van der Waals surface area contributed by atoms with Gasteiger partial charge in [0.1, 0.15) is 5.69 Å². The fourth-order valence-corrected chi connectivity index (χ4v) is 1.63. The average Bonchev–Trinajstić information content (AvgIpc) is 2.68. The minimum absolute atomic E-state index is 0.201. The highest BCUT2D eigenvalue weighted by Crippen LogP contribution is 2.19. The molecule has 0 aliphatic rings. The van der Waals surface area contributed by atoms with E-state index < -0.39 is 0 Å². The van der Waals surface area contributed by atoms with Crippen LogP contribution >= 0.6 is 0 Å². The number of nitrogens with two attached hydrogens (primary N) is 1. The van der Waals surface area contributed by atoms with Gasteiger partial charge in [-0.25, -0.2) is 0 Å². The monoisotopic (exact) mass is 216 g/mol. The Hall–Kier alpha value is -1.68. The number of nitrogens with zero attached hydrogens (tertiary/aromatic N) is 3. The van der Waals surface area contributed by atoms with Crippen LogP contribution in [0.3, 0.4) is 0 Å². The minimum atomic E-state index is -0.201. The first-order chi connectivity index (χ1) is 7.58. The summed E-state index contributed by atoms with van der Waals surface area (Å²) in [5.41, 5.74) is 10.5. The third-order valence-corrected chi connectivity index (χ3v) is 2.83. The van der Waals surface area contributed by atoms with Crippen LogP contribution in [-0.2, 0) is 7.05 Å². The number of aromatic nitrogens is 3. The molecule has 0 saturated carbocycles. The third kappa shape index (κ3) is 1.97. The molecular formula is C12H16N4. The lowest BCUT2D eigenvalue weighted by Crippen LogP contribution is -2.13. The van der Waals surface area contributed by atoms with Gasteiger partial charge in [0, 0.05) is 7.05 Å². The lowest BCUT2D eigenvalue weighted by atomic mass is 10.00. The Morgan fingerprint density at radius 1 is 1.25 bits per heavy atom. The van der Waals surface area contributed by atoms with Crippen LogP contribution in [0.15, 0.2) is 24.4 Å². The van der Waals surface area contributed by atoms with Crippen LogP contribution in [0, 0.1) is 13.8 Å². The highest BCUT2D eigenvalue weighted by molar-refractivity contribution is 5.34. The molecule has 1 aromatic carbocycles. The van der Waals surface area contributed by atoms with Crippen molar-refractivity contribution in [3.63, 3.8) is 0 Å². The number of rotatable bonds is 2. The highest BCUT2D eigenvalue weighted by Gasteiger charge is 2.12. The summed E-state index contributed by atoms with van der Waals surface area (Å²) < 4.78 is 0. The molecule has 4 nitrogen and oxygen atoms in total. The van der Waals surface area contributed by atoms with Gasteiger partial charge in [0.15, 0.2) is 0 Å². The Morgan fingerprint density at radius 2 is 2.00 bits per heavy atom. The predicted octanol–water partition coefficient (Wildman–Crippen LogP) is 1.48. The lowest BCUT2D eigenvalue weighted by molar-refractivity contribution is 0.637. The van der Waals surface area contributed by atoms with E-state index >= 15 is 0 Å². The van der Waals surface area contributed by atoms with Gasteiger partial charge in [-0.2, -0.15) is 15.0 Å². The van der Waals surface area contributed by atoms with Crippen molar-refractivity contribution in [1.82, 2.24) is 15.0 Å². The summed E-state index contributed by atoms with van der Waals surface area (Å²) in [7, 11) is 1.79. The molecule has 2 aromatic rings. The number of aryl methyl sites for hydroxylation is 3. The van der Waals surface area contributed by atoms with E-state index in [0.29, 0.717) is 0 Å². The summed E-state index contributed by atoms with van der Waals surface area (Å²) in [6, 6.07) is 6.03. The molecule has 0 spiro atoms. The molecule has 0 amide bonds. The van der Waals surface area contributed by atoms with E-state index in [1.807, 2.05) is 6.07 Å². The summed E-state index contributed by atoms with van der Waals surface area (Å²) in [6.45, 7) is 4.18. The maximum absolute atomic E-state index is 6.13. The van der Waals surface area contributed by atoms with Gasteiger partial charge in [0.2, 0.25) is 0 Å². The maximum atomic E-state index is 6.13. The second-order valence-electron chi connectivity index (χ2n) is 4.08. The van der Waals surface area contributed by atoms with E-state index in [1.165, 1.54) is 15.9 Å². The van der Waals surface area contributed by atoms with Crippen LogP contribution < -0.4 is 5.73 Å². The Labute approximate surface area is 95.1 Å². The summed E-state index contributed by atoms with van der Waals surface area (Å²) in [4.78, 5) is 1.52. The first-order valence-electron chi connectivity index (χ1n) is 5.27. The predicted molar refractivity (Wildman–Crippen MR) is 62.9 cm³/mol. The molecule has 1 aromatic heterocycles. The molecule has 0 bridgehead atoms. The average molecular weight is 216 g/mol. The Kier molecular flexibility index (Phi) is 2.75. The van der Waals surface area contributed by atoms with E-state index in [1.54, 1.807) is 13.2 Å². The third-order valence-electron chi connectivity index (χ3n) is 2.83. The van der Waals surface area contributed by atoms with Gasteiger partial charge in [-0.1, -0.05) is 18.2 Å². The second kappa shape index (κ2) is 4.06. The zero-order valence-electron chi connectivity index (χ0n) is 9.81. The van der Waals surface area contributed by atoms with Crippen molar-refractivity contribution >= 4 is 0 Å². The molecule has 0 fully saturated rings. The quantitative estimate of drug-likeness (QED) is 0.827. The molecule has 0 aliphatic carbocycles. The zero-order chi connectivity index (χ0) is 11.7. The largest absolute Gasteiger partial charge is 0.319 e. The summed E-state index contributed by atoms with van der Waals surface area (Å²) in [5.74, 6) is 0. The van der Waals surface area contributed by atoms with Crippen LogP contribution in [0.5, 0.6) is 0 Å². The topological polar surface area (TPSA) is 56.7 Å². The van der Waals surface area contributed by atoms with E-state index in [9.17, 15) is 0 Å². The highest BCUT2D eigenvalue weighted by atomic mass is 15.4. The molecule has 2 rings (SSSR count). The molecule has 0 saturated heterocycles. The van der Waals surface area contributed by atoms with E-state index in [2.05, 4.69) is 36.2 Å². The van der Waals surface area contributed by atoms with Gasteiger partial charge in [0.05, 0.1) is 12.2 Å². The fourth-order valence-electron chi connectivity index (χ4n) is 1.63. The standard InChI is InChI=1S/C12H16N4/c1-8-4-5-10(6-9(8)2)12(13)11-7-14-16(3)15-11/h4-7,12H,13H2,1-3H3. The Bertz CT molecular complexity index is 501. The summed E-state index contributed by atoms with van der Waals surface area (Å²) in [6.07, 6.45) is 1.71. The molecule has 4 heteroatoms. The van der Waals surface area contributed by atoms with E-state index in [-0.39, 0.29) is 6.04 Å². The Morgan fingerprint density at radius 3 is 2.56 bits per heavy atom. The van der Waals surface area contributed by atoms with Crippen molar-refractivity contribution < 1.29 is 0 Å². The Balaban J connectivity index is 2.33. The fraction of sp³-hybridized carbons (Fsp3) is 0.333. The zero-order valence-corrected chi connectivity index (χ0v) is 9.81. The van der Waals surface area contributed by atoms with Crippen molar-refractivity contribution in [3.05, 3.63) is 46.8 Å². The molecule has 1 unspecified atom stereocenters. The molecule has 2 N–H and O–H groups in total. The molecule has 84 valence electrons. The van der Waals surface area contributed by atoms with E-state index in [0.717, 1.165) is 11.3 Å². The van der Waals surface area contributed by atoms with Crippen molar-refractivity contribution in [2.24, 2.45) is 12.8 Å². The maximum Gasteiger partial charge on any atom is 0.104 e. The molecule has 0 radical (unpaired) electrons. The van der Waals surface area contributed by atoms with Crippen LogP contribution in [0.25, 0.3) is 0 Å². The molecule has 0 aliphatic heterocycles. The van der Waals surface area contributed by atoms with Crippen molar-refractivity contribution in [2.45, 2.75) is 19.9 Å². The molecule has 16 heavy (non-hydrogen) atoms. The van der Waals surface area contributed by atoms with Crippen LogP contribution in [0.2, 0.25) is 0 Å². The minimum Gasteiger partial charge on any atom is -0.319 e. The van der Waals surface area contributed by atoms with Gasteiger partial charge in [0.25, 0.3) is 0 Å². The molecule has 1 heterocycles. The second-order valence-corrected chi connectivity index (χ2v) is 4.08. The van der Waals surface area contributed by atoms with Gasteiger partial charge >= 0.3 is 0 Å². The number of benzene rings is 1. The molecule has 1 atom stereocenters. The van der Waals surface area contributed by atoms with Crippen molar-refractivity contribution in [2.75, 3.05) is 0 Å². The van der Waals surface area contributed by atoms with Gasteiger partial charge in [-0.05, 0) is 30.5 Å². The number of hydrogen-bond donors (Lipinski definition) is 1. The van der Waals surface area contributed by atoms with E-state index in [4.69, 9.17) is 5.73 Å². The van der Waals surface area contributed by atoms with Crippen LogP contribution in [0.4, 0.5) is 0 Å². The van der Waals surface area contributed by atoms with Crippen LogP contribution in [-0.4, -0.2) is 15.0 Å². The summed E-state index contributed by atoms with van der Waals surface area (Å²) >= 11 is 0. The van der Waals surface area contributed by atoms with Crippen molar-refractivity contribution in [3.8, 4) is 0 Å².